The molecule has 2 unspecified atom stereocenters. The van der Waals surface area contributed by atoms with E-state index in [0.717, 1.165) is 83.4 Å². The Kier molecular flexibility index (Phi) is 4.38. The summed E-state index contributed by atoms with van der Waals surface area (Å²) in [5, 5.41) is 8.98. The first kappa shape index (κ1) is 20.9. The Morgan fingerprint density at radius 1 is 1.06 bits per heavy atom. The number of amides is 2. The van der Waals surface area contributed by atoms with Crippen molar-refractivity contribution in [2.24, 2.45) is 11.8 Å². The van der Waals surface area contributed by atoms with Gasteiger partial charge in [0.1, 0.15) is 0 Å². The minimum absolute atomic E-state index is 0.0145. The molecular weight excluding hydrogens is 436 g/mol. The number of benzene rings is 3. The second-order valence-electron chi connectivity index (χ2n) is 10.8. The van der Waals surface area contributed by atoms with Gasteiger partial charge in [0.15, 0.2) is 0 Å². The van der Waals surface area contributed by atoms with Crippen LogP contribution in [-0.2, 0) is 5.54 Å². The summed E-state index contributed by atoms with van der Waals surface area (Å²) >= 11 is 0. The van der Waals surface area contributed by atoms with Crippen LogP contribution in [0.25, 0.3) is 10.8 Å². The van der Waals surface area contributed by atoms with Crippen LogP contribution in [0.15, 0.2) is 48.5 Å². The zero-order chi connectivity index (χ0) is 23.9. The van der Waals surface area contributed by atoms with Crippen LogP contribution in [0.4, 0.5) is 11.4 Å². The molecule has 3 aliphatic heterocycles. The molecule has 4 aliphatic rings. The van der Waals surface area contributed by atoms with Crippen LogP contribution in [-0.4, -0.2) is 45.0 Å². The first-order valence-electron chi connectivity index (χ1n) is 12.7. The van der Waals surface area contributed by atoms with E-state index in [4.69, 9.17) is 0 Å². The third-order valence-corrected chi connectivity index (χ3v) is 8.75. The van der Waals surface area contributed by atoms with E-state index in [0.29, 0.717) is 11.8 Å². The highest BCUT2D eigenvalue weighted by Crippen LogP contribution is 2.50. The number of carbonyl (C=O) groups excluding carboxylic acids is 2. The molecule has 3 fully saturated rings. The molecular formula is C29H30N4O2. The first-order valence-corrected chi connectivity index (χ1v) is 12.7. The lowest BCUT2D eigenvalue weighted by atomic mass is 9.94. The molecule has 2 N–H and O–H groups in total. The van der Waals surface area contributed by atoms with Crippen LogP contribution in [0, 0.1) is 18.8 Å². The van der Waals surface area contributed by atoms with Crippen molar-refractivity contribution in [1.82, 2.24) is 10.6 Å². The van der Waals surface area contributed by atoms with Gasteiger partial charge in [-0.25, -0.2) is 0 Å². The number of hydrogen-bond acceptors (Lipinski definition) is 4. The Labute approximate surface area is 205 Å². The van der Waals surface area contributed by atoms with Crippen molar-refractivity contribution < 1.29 is 9.59 Å². The van der Waals surface area contributed by atoms with E-state index in [1.54, 1.807) is 4.90 Å². The highest BCUT2D eigenvalue weighted by molar-refractivity contribution is 6.25. The van der Waals surface area contributed by atoms with Gasteiger partial charge in [0.25, 0.3) is 11.8 Å². The van der Waals surface area contributed by atoms with E-state index in [1.807, 2.05) is 32.2 Å². The standard InChI is InChI=1S/C29H30N4O2/c1-17-6-7-20(33-15-18-13-30-14-19(18)16-33)12-23(17)27(34)31-29(10-11-29)24-8-9-25-26-21(24)4-3-5-22(26)28(35)32(25)2/h3-9,12,18-19,30H,10-11,13-16H2,1-2H3,(H,31,34). The SMILES string of the molecule is Cc1ccc(N2CC3CNCC3C2)cc1C(=O)NC1(c2ccc3c4c(cccc24)C(=O)N3C)CC1. The molecule has 2 amide bonds. The van der Waals surface area contributed by atoms with E-state index < -0.39 is 0 Å². The lowest BCUT2D eigenvalue weighted by Gasteiger charge is -2.23. The molecule has 3 heterocycles. The Hall–Kier alpha value is -3.38. The second-order valence-corrected chi connectivity index (χ2v) is 10.8. The topological polar surface area (TPSA) is 64.7 Å². The third-order valence-electron chi connectivity index (χ3n) is 8.75. The zero-order valence-corrected chi connectivity index (χ0v) is 20.2. The van der Waals surface area contributed by atoms with Gasteiger partial charge in [0.2, 0.25) is 0 Å². The summed E-state index contributed by atoms with van der Waals surface area (Å²) in [7, 11) is 1.82. The van der Waals surface area contributed by atoms with E-state index >= 15 is 0 Å². The third kappa shape index (κ3) is 3.05. The molecule has 0 aromatic heterocycles. The van der Waals surface area contributed by atoms with Crippen molar-refractivity contribution in [3.05, 3.63) is 70.8 Å². The van der Waals surface area contributed by atoms with E-state index in [-0.39, 0.29) is 17.4 Å². The van der Waals surface area contributed by atoms with Crippen molar-refractivity contribution in [2.45, 2.75) is 25.3 Å². The molecule has 6 nitrogen and oxygen atoms in total. The maximum Gasteiger partial charge on any atom is 0.258 e. The van der Waals surface area contributed by atoms with Gasteiger partial charge in [-0.15, -0.1) is 0 Å². The van der Waals surface area contributed by atoms with Gasteiger partial charge in [0, 0.05) is 55.4 Å². The number of fused-ring (bicyclic) bond motifs is 1. The second kappa shape index (κ2) is 7.31. The monoisotopic (exact) mass is 466 g/mol. The van der Waals surface area contributed by atoms with Gasteiger partial charge >= 0.3 is 0 Å². The van der Waals surface area contributed by atoms with Crippen molar-refractivity contribution in [1.29, 1.82) is 0 Å². The Bertz CT molecular complexity index is 1400. The molecule has 35 heavy (non-hydrogen) atoms. The normalized spacial score (nSPS) is 23.8. The lowest BCUT2D eigenvalue weighted by Crippen LogP contribution is -2.35. The number of aryl methyl sites for hydroxylation is 1. The number of hydrogen-bond donors (Lipinski definition) is 2. The molecule has 178 valence electrons. The van der Waals surface area contributed by atoms with Crippen LogP contribution in [0.3, 0.4) is 0 Å². The van der Waals surface area contributed by atoms with Crippen molar-refractivity contribution >= 4 is 34.0 Å². The maximum absolute atomic E-state index is 13.6. The predicted molar refractivity (Wildman–Crippen MR) is 138 cm³/mol. The van der Waals surface area contributed by atoms with Crippen molar-refractivity contribution in [3.8, 4) is 0 Å². The Morgan fingerprint density at radius 3 is 2.57 bits per heavy atom. The molecule has 2 atom stereocenters. The number of anilines is 2. The summed E-state index contributed by atoms with van der Waals surface area (Å²) in [6.45, 7) is 6.32. The molecule has 0 radical (unpaired) electrons. The fourth-order valence-corrected chi connectivity index (χ4v) is 6.54. The van der Waals surface area contributed by atoms with Gasteiger partial charge in [-0.3, -0.25) is 9.59 Å². The molecule has 1 saturated carbocycles. The van der Waals surface area contributed by atoms with E-state index in [9.17, 15) is 9.59 Å². The van der Waals surface area contributed by atoms with Crippen LogP contribution in [0.1, 0.15) is 44.7 Å². The summed E-state index contributed by atoms with van der Waals surface area (Å²) in [5.41, 5.74) is 5.33. The number of rotatable bonds is 4. The summed E-state index contributed by atoms with van der Waals surface area (Å²) in [5.74, 6) is 1.43. The molecule has 7 rings (SSSR count). The highest BCUT2D eigenvalue weighted by atomic mass is 16.2. The highest BCUT2D eigenvalue weighted by Gasteiger charge is 2.47. The Morgan fingerprint density at radius 2 is 1.83 bits per heavy atom. The zero-order valence-electron chi connectivity index (χ0n) is 20.2. The quantitative estimate of drug-likeness (QED) is 0.614. The summed E-state index contributed by atoms with van der Waals surface area (Å²) in [6, 6.07) is 16.4. The van der Waals surface area contributed by atoms with Crippen molar-refractivity contribution in [2.75, 3.05) is 43.0 Å². The molecule has 0 bridgehead atoms. The fraction of sp³-hybridized carbons (Fsp3) is 0.379. The molecule has 1 aliphatic carbocycles. The van der Waals surface area contributed by atoms with Gasteiger partial charge in [0.05, 0.1) is 11.2 Å². The number of nitrogens with one attached hydrogen (secondary N) is 2. The van der Waals surface area contributed by atoms with Gasteiger partial charge in [-0.05, 0) is 72.4 Å². The molecule has 0 spiro atoms. The number of carbonyl (C=O) groups is 2. The predicted octanol–water partition coefficient (Wildman–Crippen LogP) is 3.81. The summed E-state index contributed by atoms with van der Waals surface area (Å²) in [6.07, 6.45) is 1.81. The maximum atomic E-state index is 13.6. The average molecular weight is 467 g/mol. The first-order chi connectivity index (χ1) is 16.9. The Balaban J connectivity index is 1.20. The van der Waals surface area contributed by atoms with Crippen LogP contribution in [0.2, 0.25) is 0 Å². The van der Waals surface area contributed by atoms with Gasteiger partial charge < -0.3 is 20.4 Å². The molecule has 6 heteroatoms. The minimum Gasteiger partial charge on any atom is -0.371 e. The smallest absolute Gasteiger partial charge is 0.258 e. The van der Waals surface area contributed by atoms with Gasteiger partial charge in [-0.1, -0.05) is 24.3 Å². The van der Waals surface area contributed by atoms with Crippen LogP contribution in [0.5, 0.6) is 0 Å². The molecule has 3 aromatic carbocycles. The molecule has 3 aromatic rings. The summed E-state index contributed by atoms with van der Waals surface area (Å²) in [4.78, 5) is 30.5. The number of nitrogens with zero attached hydrogens (tertiary/aromatic N) is 2. The summed E-state index contributed by atoms with van der Waals surface area (Å²) < 4.78 is 0. The molecule has 2 saturated heterocycles. The fourth-order valence-electron chi connectivity index (χ4n) is 6.54. The minimum atomic E-state index is -0.378. The van der Waals surface area contributed by atoms with Crippen LogP contribution < -0.4 is 20.4 Å². The largest absolute Gasteiger partial charge is 0.371 e. The van der Waals surface area contributed by atoms with Crippen LogP contribution >= 0.6 is 0 Å². The van der Waals surface area contributed by atoms with Gasteiger partial charge in [-0.2, -0.15) is 0 Å². The van der Waals surface area contributed by atoms with E-state index in [1.165, 1.54) is 0 Å². The average Bonchev–Trinajstić information content (AvgIpc) is 3.18. The lowest BCUT2D eigenvalue weighted by molar-refractivity contribution is 0.0929. The van der Waals surface area contributed by atoms with Crippen molar-refractivity contribution in [3.63, 3.8) is 0 Å². The van der Waals surface area contributed by atoms with E-state index in [2.05, 4.69) is 45.9 Å².